The van der Waals surface area contributed by atoms with Crippen LogP contribution in [-0.4, -0.2) is 43.2 Å². The second-order valence-corrected chi connectivity index (χ2v) is 6.27. The number of benzene rings is 1. The number of nitrogens with one attached hydrogen (secondary N) is 1. The average Bonchev–Trinajstić information content (AvgIpc) is 3.30. The van der Waals surface area contributed by atoms with Gasteiger partial charge in [-0.25, -0.2) is 4.79 Å². The Morgan fingerprint density at radius 3 is 2.39 bits per heavy atom. The first-order valence-electron chi connectivity index (χ1n) is 7.52. The number of amides is 2. The minimum absolute atomic E-state index is 0.0951. The van der Waals surface area contributed by atoms with Crippen molar-refractivity contribution in [1.29, 1.82) is 0 Å². The summed E-state index contributed by atoms with van der Waals surface area (Å²) in [6.45, 7) is 1.84. The van der Waals surface area contributed by atoms with Crippen LogP contribution in [0.25, 0.3) is 0 Å². The van der Waals surface area contributed by atoms with Gasteiger partial charge in [-0.2, -0.15) is 13.2 Å². The molecule has 3 rings (SSSR count). The molecule has 0 atom stereocenters. The van der Waals surface area contributed by atoms with Crippen molar-refractivity contribution in [3.63, 3.8) is 0 Å². The summed E-state index contributed by atoms with van der Waals surface area (Å²) in [6.07, 6.45) is -2.36. The molecule has 1 aliphatic carbocycles. The molecule has 2 fully saturated rings. The lowest BCUT2D eigenvalue weighted by Crippen LogP contribution is -2.52. The van der Waals surface area contributed by atoms with E-state index < -0.39 is 11.7 Å². The third kappa shape index (κ3) is 3.83. The van der Waals surface area contributed by atoms with Gasteiger partial charge in [-0.15, -0.1) is 0 Å². The molecule has 1 saturated heterocycles. The molecule has 2 amide bonds. The van der Waals surface area contributed by atoms with Crippen molar-refractivity contribution in [3.8, 4) is 0 Å². The van der Waals surface area contributed by atoms with E-state index in [2.05, 4.69) is 5.32 Å². The van der Waals surface area contributed by atoms with Crippen LogP contribution < -0.4 is 10.2 Å². The largest absolute Gasteiger partial charge is 0.416 e. The lowest BCUT2D eigenvalue weighted by atomic mass is 10.1. The second kappa shape index (κ2) is 6.11. The van der Waals surface area contributed by atoms with Crippen LogP contribution in [0.15, 0.2) is 18.2 Å². The number of carbonyl (C=O) groups is 1. The van der Waals surface area contributed by atoms with Crippen LogP contribution in [-0.2, 0) is 6.18 Å². The van der Waals surface area contributed by atoms with Crippen molar-refractivity contribution in [2.45, 2.75) is 25.1 Å². The standard InChI is InChI=1S/C15H17ClF3N3O/c16-12-4-1-10(15(17,18)19)9-13(12)21-5-7-22(8-6-21)14(23)20-11-2-3-11/h1,4,9,11H,2-3,5-8H2,(H,20,23). The molecule has 1 aromatic carbocycles. The predicted octanol–water partition coefficient (Wildman–Crippen LogP) is 3.35. The van der Waals surface area contributed by atoms with Crippen molar-refractivity contribution >= 4 is 23.3 Å². The minimum atomic E-state index is -4.40. The van der Waals surface area contributed by atoms with E-state index in [0.717, 1.165) is 25.0 Å². The fourth-order valence-electron chi connectivity index (χ4n) is 2.58. The maximum absolute atomic E-state index is 12.8. The van der Waals surface area contributed by atoms with Gasteiger partial charge in [0.2, 0.25) is 0 Å². The van der Waals surface area contributed by atoms with Gasteiger partial charge in [-0.05, 0) is 31.0 Å². The number of urea groups is 1. The first kappa shape index (κ1) is 16.2. The molecule has 0 radical (unpaired) electrons. The molecular weight excluding hydrogens is 331 g/mol. The molecule has 1 aromatic rings. The number of halogens is 4. The van der Waals surface area contributed by atoms with Crippen LogP contribution >= 0.6 is 11.6 Å². The Labute approximate surface area is 137 Å². The van der Waals surface area contributed by atoms with Crippen molar-refractivity contribution in [3.05, 3.63) is 28.8 Å². The number of hydrogen-bond donors (Lipinski definition) is 1. The summed E-state index contributed by atoms with van der Waals surface area (Å²) >= 11 is 6.05. The molecule has 1 aliphatic heterocycles. The van der Waals surface area contributed by atoms with Crippen molar-refractivity contribution < 1.29 is 18.0 Å². The van der Waals surface area contributed by atoms with E-state index in [1.165, 1.54) is 6.07 Å². The number of hydrogen-bond acceptors (Lipinski definition) is 2. The van der Waals surface area contributed by atoms with E-state index in [0.29, 0.717) is 37.9 Å². The van der Waals surface area contributed by atoms with Crippen molar-refractivity contribution in [2.75, 3.05) is 31.1 Å². The summed E-state index contributed by atoms with van der Waals surface area (Å²) in [7, 11) is 0. The van der Waals surface area contributed by atoms with Gasteiger partial charge in [0.15, 0.2) is 0 Å². The van der Waals surface area contributed by atoms with Gasteiger partial charge in [0.05, 0.1) is 16.3 Å². The minimum Gasteiger partial charge on any atom is -0.367 e. The fourth-order valence-corrected chi connectivity index (χ4v) is 2.81. The van der Waals surface area contributed by atoms with Crippen LogP contribution in [0, 0.1) is 0 Å². The number of alkyl halides is 3. The molecule has 1 N–H and O–H groups in total. The van der Waals surface area contributed by atoms with Gasteiger partial charge < -0.3 is 15.1 Å². The lowest BCUT2D eigenvalue weighted by molar-refractivity contribution is -0.137. The van der Waals surface area contributed by atoms with E-state index in [4.69, 9.17) is 11.6 Å². The summed E-state index contributed by atoms with van der Waals surface area (Å²) in [6, 6.07) is 3.51. The number of nitrogens with zero attached hydrogens (tertiary/aromatic N) is 2. The molecule has 2 aliphatic rings. The number of rotatable bonds is 2. The highest BCUT2D eigenvalue weighted by atomic mass is 35.5. The van der Waals surface area contributed by atoms with Crippen LogP contribution in [0.4, 0.5) is 23.7 Å². The quantitative estimate of drug-likeness (QED) is 0.890. The Balaban J connectivity index is 1.66. The third-order valence-corrected chi connectivity index (χ3v) is 4.41. The molecule has 0 aromatic heterocycles. The van der Waals surface area contributed by atoms with E-state index in [1.807, 2.05) is 0 Å². The summed E-state index contributed by atoms with van der Waals surface area (Å²) in [5, 5.41) is 3.20. The number of carbonyl (C=O) groups excluding carboxylic acids is 1. The van der Waals surface area contributed by atoms with Gasteiger partial charge in [-0.3, -0.25) is 0 Å². The molecule has 0 unspecified atom stereocenters. The van der Waals surface area contributed by atoms with Crippen LogP contribution in [0.5, 0.6) is 0 Å². The molecule has 126 valence electrons. The van der Waals surface area contributed by atoms with Gasteiger partial charge in [0.25, 0.3) is 0 Å². The molecule has 23 heavy (non-hydrogen) atoms. The van der Waals surface area contributed by atoms with E-state index in [9.17, 15) is 18.0 Å². The third-order valence-electron chi connectivity index (χ3n) is 4.09. The first-order valence-corrected chi connectivity index (χ1v) is 7.89. The van der Waals surface area contributed by atoms with Crippen molar-refractivity contribution in [2.24, 2.45) is 0 Å². The highest BCUT2D eigenvalue weighted by Gasteiger charge is 2.32. The zero-order valence-corrected chi connectivity index (χ0v) is 13.1. The SMILES string of the molecule is O=C(NC1CC1)N1CCN(c2cc(C(F)(F)F)ccc2Cl)CC1. The molecule has 8 heteroatoms. The monoisotopic (exact) mass is 347 g/mol. The Kier molecular flexibility index (Phi) is 4.31. The second-order valence-electron chi connectivity index (χ2n) is 5.86. The Hall–Kier alpha value is -1.63. The van der Waals surface area contributed by atoms with Crippen LogP contribution in [0.2, 0.25) is 5.02 Å². The topological polar surface area (TPSA) is 35.6 Å². The maximum Gasteiger partial charge on any atom is 0.416 e. The van der Waals surface area contributed by atoms with Gasteiger partial charge in [-0.1, -0.05) is 11.6 Å². The highest BCUT2D eigenvalue weighted by molar-refractivity contribution is 6.33. The summed E-state index contributed by atoms with van der Waals surface area (Å²) in [5.41, 5.74) is -0.352. The zero-order chi connectivity index (χ0) is 16.6. The molecule has 0 spiro atoms. The van der Waals surface area contributed by atoms with E-state index >= 15 is 0 Å². The van der Waals surface area contributed by atoms with Crippen LogP contribution in [0.1, 0.15) is 18.4 Å². The summed E-state index contributed by atoms with van der Waals surface area (Å²) < 4.78 is 38.5. The molecule has 1 heterocycles. The van der Waals surface area contributed by atoms with Crippen LogP contribution in [0.3, 0.4) is 0 Å². The molecular formula is C15H17ClF3N3O. The zero-order valence-electron chi connectivity index (χ0n) is 12.4. The number of anilines is 1. The normalized spacial score (nSPS) is 19.0. The van der Waals surface area contributed by atoms with Gasteiger partial charge in [0, 0.05) is 32.2 Å². The van der Waals surface area contributed by atoms with E-state index in [1.54, 1.807) is 9.80 Å². The van der Waals surface area contributed by atoms with Gasteiger partial charge >= 0.3 is 12.2 Å². The fraction of sp³-hybridized carbons (Fsp3) is 0.533. The number of piperazine rings is 1. The maximum atomic E-state index is 12.8. The first-order chi connectivity index (χ1) is 10.8. The Bertz CT molecular complexity index is 596. The lowest BCUT2D eigenvalue weighted by Gasteiger charge is -2.36. The van der Waals surface area contributed by atoms with Gasteiger partial charge in [0.1, 0.15) is 0 Å². The Morgan fingerprint density at radius 2 is 1.83 bits per heavy atom. The molecule has 1 saturated carbocycles. The van der Waals surface area contributed by atoms with E-state index in [-0.39, 0.29) is 11.1 Å². The smallest absolute Gasteiger partial charge is 0.367 e. The average molecular weight is 348 g/mol. The Morgan fingerprint density at radius 1 is 1.17 bits per heavy atom. The molecule has 0 bridgehead atoms. The highest BCUT2D eigenvalue weighted by Crippen LogP contribution is 2.35. The predicted molar refractivity (Wildman–Crippen MR) is 81.8 cm³/mol. The molecule has 4 nitrogen and oxygen atoms in total. The summed E-state index contributed by atoms with van der Waals surface area (Å²) in [5.74, 6) is 0. The van der Waals surface area contributed by atoms with Crippen molar-refractivity contribution in [1.82, 2.24) is 10.2 Å². The summed E-state index contributed by atoms with van der Waals surface area (Å²) in [4.78, 5) is 15.4.